The average Bonchev–Trinajstić information content (AvgIpc) is 2.47. The summed E-state index contributed by atoms with van der Waals surface area (Å²) in [6.45, 7) is 2.53. The minimum Gasteiger partial charge on any atom is -0.478 e. The number of rotatable bonds is 6. The largest absolute Gasteiger partial charge is 0.478 e. The molecule has 0 bridgehead atoms. The highest BCUT2D eigenvalue weighted by atomic mass is 16.4. The molecule has 0 aliphatic heterocycles. The zero-order chi connectivity index (χ0) is 15.2. The highest BCUT2D eigenvalue weighted by molar-refractivity contribution is 5.88. The van der Waals surface area contributed by atoms with Crippen molar-refractivity contribution in [2.45, 2.75) is 13.5 Å². The summed E-state index contributed by atoms with van der Waals surface area (Å²) in [5.74, 6) is -0.633. The molecule has 0 aliphatic carbocycles. The summed E-state index contributed by atoms with van der Waals surface area (Å²) < 4.78 is 0. The van der Waals surface area contributed by atoms with E-state index in [0.717, 1.165) is 5.56 Å². The van der Waals surface area contributed by atoms with Crippen LogP contribution in [0.5, 0.6) is 0 Å². The Hall–Kier alpha value is -2.47. The van der Waals surface area contributed by atoms with Gasteiger partial charge in [0.05, 0.1) is 17.9 Å². The van der Waals surface area contributed by atoms with E-state index in [1.54, 1.807) is 6.92 Å². The van der Waals surface area contributed by atoms with Gasteiger partial charge in [-0.25, -0.2) is 14.8 Å². The SMILES string of the molecule is Cc1nc(N(CCO)Cc2ccccc2)ncc1C(=O)O. The van der Waals surface area contributed by atoms with Gasteiger partial charge < -0.3 is 15.1 Å². The van der Waals surface area contributed by atoms with Gasteiger partial charge in [-0.15, -0.1) is 0 Å². The van der Waals surface area contributed by atoms with Gasteiger partial charge in [-0.1, -0.05) is 30.3 Å². The van der Waals surface area contributed by atoms with E-state index in [1.807, 2.05) is 35.2 Å². The van der Waals surface area contributed by atoms with Crippen LogP contribution in [-0.2, 0) is 6.54 Å². The summed E-state index contributed by atoms with van der Waals surface area (Å²) in [4.78, 5) is 21.1. The van der Waals surface area contributed by atoms with E-state index in [2.05, 4.69) is 9.97 Å². The zero-order valence-electron chi connectivity index (χ0n) is 11.7. The molecular weight excluding hydrogens is 270 g/mol. The molecular formula is C15H17N3O3. The molecule has 0 fully saturated rings. The van der Waals surface area contributed by atoms with Crippen LogP contribution in [0, 0.1) is 6.92 Å². The standard InChI is InChI=1S/C15H17N3O3/c1-11-13(14(20)21)9-16-15(17-11)18(7-8-19)10-12-5-3-2-4-6-12/h2-6,9,19H,7-8,10H2,1H3,(H,20,21). The van der Waals surface area contributed by atoms with Gasteiger partial charge in [-0.3, -0.25) is 0 Å². The molecule has 0 spiro atoms. The average molecular weight is 287 g/mol. The third-order valence-electron chi connectivity index (χ3n) is 3.07. The van der Waals surface area contributed by atoms with Crippen molar-refractivity contribution in [2.75, 3.05) is 18.1 Å². The maximum Gasteiger partial charge on any atom is 0.339 e. The Balaban J connectivity index is 2.26. The first-order valence-corrected chi connectivity index (χ1v) is 6.58. The fraction of sp³-hybridized carbons (Fsp3) is 0.267. The van der Waals surface area contributed by atoms with Crippen LogP contribution in [-0.4, -0.2) is 39.3 Å². The number of carboxylic acid groups (broad SMARTS) is 1. The number of carboxylic acids is 1. The second-order valence-corrected chi connectivity index (χ2v) is 4.61. The third-order valence-corrected chi connectivity index (χ3v) is 3.07. The Kier molecular flexibility index (Phi) is 4.84. The second-order valence-electron chi connectivity index (χ2n) is 4.61. The van der Waals surface area contributed by atoms with Crippen LogP contribution in [0.2, 0.25) is 0 Å². The minimum atomic E-state index is -1.05. The van der Waals surface area contributed by atoms with Crippen LogP contribution in [0.1, 0.15) is 21.6 Å². The van der Waals surface area contributed by atoms with Crippen molar-refractivity contribution in [2.24, 2.45) is 0 Å². The monoisotopic (exact) mass is 287 g/mol. The molecule has 0 atom stereocenters. The number of aliphatic hydroxyl groups excluding tert-OH is 1. The third kappa shape index (κ3) is 3.76. The van der Waals surface area contributed by atoms with Crippen LogP contribution >= 0.6 is 0 Å². The molecule has 1 aromatic carbocycles. The molecule has 0 unspecified atom stereocenters. The van der Waals surface area contributed by atoms with Gasteiger partial charge >= 0.3 is 5.97 Å². The van der Waals surface area contributed by atoms with Crippen LogP contribution in [0.25, 0.3) is 0 Å². The predicted molar refractivity (Wildman–Crippen MR) is 78.3 cm³/mol. The van der Waals surface area contributed by atoms with Crippen molar-refractivity contribution in [3.8, 4) is 0 Å². The maximum absolute atomic E-state index is 11.0. The number of aromatic nitrogens is 2. The van der Waals surface area contributed by atoms with Crippen molar-refractivity contribution < 1.29 is 15.0 Å². The number of hydrogen-bond acceptors (Lipinski definition) is 5. The summed E-state index contributed by atoms with van der Waals surface area (Å²) in [7, 11) is 0. The quantitative estimate of drug-likeness (QED) is 0.837. The molecule has 0 aliphatic rings. The Labute approximate surface area is 122 Å². The van der Waals surface area contributed by atoms with Crippen LogP contribution in [0.4, 0.5) is 5.95 Å². The van der Waals surface area contributed by atoms with Crippen molar-refractivity contribution in [1.29, 1.82) is 0 Å². The lowest BCUT2D eigenvalue weighted by molar-refractivity contribution is 0.0695. The first-order chi connectivity index (χ1) is 10.1. The molecule has 0 amide bonds. The molecule has 6 heteroatoms. The topological polar surface area (TPSA) is 86.5 Å². The van der Waals surface area contributed by atoms with Gasteiger partial charge in [-0.2, -0.15) is 0 Å². The summed E-state index contributed by atoms with van der Waals surface area (Å²) in [6, 6.07) is 9.76. The van der Waals surface area contributed by atoms with E-state index in [9.17, 15) is 9.90 Å². The van der Waals surface area contributed by atoms with Crippen molar-refractivity contribution >= 4 is 11.9 Å². The number of benzene rings is 1. The molecule has 0 radical (unpaired) electrons. The molecule has 110 valence electrons. The number of aliphatic hydroxyl groups is 1. The second kappa shape index (κ2) is 6.81. The lowest BCUT2D eigenvalue weighted by Crippen LogP contribution is -2.28. The highest BCUT2D eigenvalue weighted by Gasteiger charge is 2.14. The highest BCUT2D eigenvalue weighted by Crippen LogP contribution is 2.14. The van der Waals surface area contributed by atoms with E-state index >= 15 is 0 Å². The van der Waals surface area contributed by atoms with E-state index in [1.165, 1.54) is 6.20 Å². The van der Waals surface area contributed by atoms with Crippen molar-refractivity contribution in [3.63, 3.8) is 0 Å². The summed E-state index contributed by atoms with van der Waals surface area (Å²) in [5.41, 5.74) is 1.56. The van der Waals surface area contributed by atoms with Crippen molar-refractivity contribution in [1.82, 2.24) is 9.97 Å². The van der Waals surface area contributed by atoms with E-state index < -0.39 is 5.97 Å². The van der Waals surface area contributed by atoms with Crippen LogP contribution < -0.4 is 4.90 Å². The van der Waals surface area contributed by atoms with Gasteiger partial charge in [0.2, 0.25) is 5.95 Å². The number of nitrogens with zero attached hydrogens (tertiary/aromatic N) is 3. The molecule has 21 heavy (non-hydrogen) atoms. The zero-order valence-corrected chi connectivity index (χ0v) is 11.7. The Morgan fingerprint density at radius 3 is 2.57 bits per heavy atom. The first-order valence-electron chi connectivity index (χ1n) is 6.58. The minimum absolute atomic E-state index is 0.0318. The molecule has 0 saturated heterocycles. The van der Waals surface area contributed by atoms with Gasteiger partial charge in [-0.05, 0) is 12.5 Å². The Morgan fingerprint density at radius 1 is 1.29 bits per heavy atom. The fourth-order valence-corrected chi connectivity index (χ4v) is 1.99. The first kappa shape index (κ1) is 14.9. The number of anilines is 1. The molecule has 1 heterocycles. The fourth-order valence-electron chi connectivity index (χ4n) is 1.99. The van der Waals surface area contributed by atoms with Crippen LogP contribution in [0.15, 0.2) is 36.5 Å². The van der Waals surface area contributed by atoms with E-state index in [-0.39, 0.29) is 12.2 Å². The normalized spacial score (nSPS) is 10.4. The van der Waals surface area contributed by atoms with Crippen LogP contribution in [0.3, 0.4) is 0 Å². The van der Waals surface area contributed by atoms with Gasteiger partial charge in [0.15, 0.2) is 0 Å². The molecule has 2 rings (SSSR count). The molecule has 2 aromatic rings. The predicted octanol–water partition coefficient (Wildman–Crippen LogP) is 1.48. The van der Waals surface area contributed by atoms with Gasteiger partial charge in [0.1, 0.15) is 0 Å². The molecule has 6 nitrogen and oxygen atoms in total. The maximum atomic E-state index is 11.0. The Bertz CT molecular complexity index is 617. The molecule has 1 aromatic heterocycles. The van der Waals surface area contributed by atoms with Crippen molar-refractivity contribution in [3.05, 3.63) is 53.3 Å². The van der Waals surface area contributed by atoms with E-state index in [4.69, 9.17) is 5.11 Å². The summed E-state index contributed by atoms with van der Waals surface area (Å²) >= 11 is 0. The Morgan fingerprint density at radius 2 is 2.00 bits per heavy atom. The number of aromatic carboxylic acids is 1. The lowest BCUT2D eigenvalue weighted by Gasteiger charge is -2.22. The summed E-state index contributed by atoms with van der Waals surface area (Å²) in [6.07, 6.45) is 1.30. The number of hydrogen-bond donors (Lipinski definition) is 2. The van der Waals surface area contributed by atoms with E-state index in [0.29, 0.717) is 24.7 Å². The smallest absolute Gasteiger partial charge is 0.339 e. The number of aryl methyl sites for hydroxylation is 1. The number of carbonyl (C=O) groups is 1. The van der Waals surface area contributed by atoms with Gasteiger partial charge in [0.25, 0.3) is 0 Å². The summed E-state index contributed by atoms with van der Waals surface area (Å²) in [5, 5.41) is 18.2. The molecule has 0 saturated carbocycles. The molecule has 2 N–H and O–H groups in total. The lowest BCUT2D eigenvalue weighted by atomic mass is 10.2. The van der Waals surface area contributed by atoms with Gasteiger partial charge in [0, 0.05) is 19.3 Å².